The SMILES string of the molecule is COc1cc(C#N)c(N=C(N)CCl)cc1OC. The fraction of sp³-hybridized carbons (Fsp3) is 0.273. The van der Waals surface area contributed by atoms with Gasteiger partial charge in [-0.2, -0.15) is 5.26 Å². The first kappa shape index (κ1) is 13.1. The van der Waals surface area contributed by atoms with E-state index < -0.39 is 0 Å². The third-order valence-electron chi connectivity index (χ3n) is 2.02. The predicted molar refractivity (Wildman–Crippen MR) is 66.3 cm³/mol. The molecule has 0 saturated heterocycles. The molecule has 0 fully saturated rings. The minimum atomic E-state index is 0.0964. The number of methoxy groups -OCH3 is 2. The van der Waals surface area contributed by atoms with Gasteiger partial charge in [0.15, 0.2) is 11.5 Å². The Balaban J connectivity index is 3.35. The summed E-state index contributed by atoms with van der Waals surface area (Å²) in [4.78, 5) is 4.04. The number of nitrogens with two attached hydrogens (primary N) is 1. The van der Waals surface area contributed by atoms with Gasteiger partial charge in [0.05, 0.1) is 31.4 Å². The Morgan fingerprint density at radius 2 is 2.00 bits per heavy atom. The molecule has 0 aliphatic rings. The molecule has 1 aromatic rings. The zero-order valence-electron chi connectivity index (χ0n) is 9.53. The van der Waals surface area contributed by atoms with Crippen LogP contribution in [0.3, 0.4) is 0 Å². The standard InChI is InChI=1S/C11H12ClN3O2/c1-16-9-3-7(6-13)8(4-10(9)17-2)15-11(14)5-12/h3-4H,5H2,1-2H3,(H2,14,15). The molecule has 1 aromatic carbocycles. The van der Waals surface area contributed by atoms with Crippen molar-refractivity contribution < 1.29 is 9.47 Å². The maximum Gasteiger partial charge on any atom is 0.162 e. The maximum absolute atomic E-state index is 9.00. The molecule has 2 N–H and O–H groups in total. The van der Waals surface area contributed by atoms with E-state index in [0.29, 0.717) is 22.7 Å². The molecule has 0 atom stereocenters. The summed E-state index contributed by atoms with van der Waals surface area (Å²) in [5, 5.41) is 9.00. The van der Waals surface area contributed by atoms with Gasteiger partial charge in [-0.25, -0.2) is 4.99 Å². The van der Waals surface area contributed by atoms with Crippen molar-refractivity contribution in [2.24, 2.45) is 10.7 Å². The zero-order chi connectivity index (χ0) is 12.8. The van der Waals surface area contributed by atoms with E-state index >= 15 is 0 Å². The first-order chi connectivity index (χ1) is 8.15. The highest BCUT2D eigenvalue weighted by molar-refractivity contribution is 6.28. The van der Waals surface area contributed by atoms with E-state index in [-0.39, 0.29) is 11.7 Å². The molecule has 0 heterocycles. The Labute approximate surface area is 104 Å². The van der Waals surface area contributed by atoms with Crippen molar-refractivity contribution in [1.82, 2.24) is 0 Å². The molecule has 0 amide bonds. The van der Waals surface area contributed by atoms with E-state index in [1.54, 1.807) is 12.1 Å². The molecule has 6 heteroatoms. The van der Waals surface area contributed by atoms with E-state index in [1.807, 2.05) is 6.07 Å². The summed E-state index contributed by atoms with van der Waals surface area (Å²) < 4.78 is 10.2. The largest absolute Gasteiger partial charge is 0.493 e. The molecule has 1 rings (SSSR count). The molecule has 0 aliphatic heterocycles. The summed E-state index contributed by atoms with van der Waals surface area (Å²) >= 11 is 5.54. The first-order valence-corrected chi connectivity index (χ1v) is 5.24. The summed E-state index contributed by atoms with van der Waals surface area (Å²) in [6.07, 6.45) is 0. The molecule has 0 saturated carbocycles. The fourth-order valence-corrected chi connectivity index (χ4v) is 1.29. The Bertz CT molecular complexity index is 480. The number of nitriles is 1. The number of benzene rings is 1. The van der Waals surface area contributed by atoms with E-state index in [4.69, 9.17) is 32.1 Å². The summed E-state index contributed by atoms with van der Waals surface area (Å²) in [5.74, 6) is 1.27. The Morgan fingerprint density at radius 3 is 2.47 bits per heavy atom. The summed E-state index contributed by atoms with van der Waals surface area (Å²) in [7, 11) is 3.00. The summed E-state index contributed by atoms with van der Waals surface area (Å²) in [5.41, 5.74) is 6.28. The van der Waals surface area contributed by atoms with Gasteiger partial charge in [-0.15, -0.1) is 11.6 Å². The lowest BCUT2D eigenvalue weighted by molar-refractivity contribution is 0.355. The average molecular weight is 254 g/mol. The predicted octanol–water partition coefficient (Wildman–Crippen LogP) is 1.80. The summed E-state index contributed by atoms with van der Waals surface area (Å²) in [6, 6.07) is 5.13. The van der Waals surface area contributed by atoms with Gasteiger partial charge in [0.2, 0.25) is 0 Å². The van der Waals surface area contributed by atoms with Crippen molar-refractivity contribution >= 4 is 23.1 Å². The van der Waals surface area contributed by atoms with Gasteiger partial charge in [-0.05, 0) is 0 Å². The zero-order valence-corrected chi connectivity index (χ0v) is 10.3. The third kappa shape index (κ3) is 3.02. The van der Waals surface area contributed by atoms with E-state index in [0.717, 1.165) is 0 Å². The van der Waals surface area contributed by atoms with Gasteiger partial charge in [0.1, 0.15) is 11.9 Å². The van der Waals surface area contributed by atoms with Gasteiger partial charge < -0.3 is 15.2 Å². The maximum atomic E-state index is 9.00. The van der Waals surface area contributed by atoms with Gasteiger partial charge in [0, 0.05) is 12.1 Å². The number of amidine groups is 1. The number of aliphatic imine (C=N–C) groups is 1. The molecular formula is C11H12ClN3O2. The lowest BCUT2D eigenvalue weighted by Crippen LogP contribution is -2.12. The molecule has 0 bridgehead atoms. The van der Waals surface area contributed by atoms with E-state index in [9.17, 15) is 0 Å². The van der Waals surface area contributed by atoms with Crippen molar-refractivity contribution in [1.29, 1.82) is 5.26 Å². The number of hydrogen-bond acceptors (Lipinski definition) is 4. The number of ether oxygens (including phenoxy) is 2. The smallest absolute Gasteiger partial charge is 0.162 e. The monoisotopic (exact) mass is 253 g/mol. The first-order valence-electron chi connectivity index (χ1n) is 4.71. The second-order valence-electron chi connectivity index (χ2n) is 3.07. The number of nitrogens with zero attached hydrogens (tertiary/aromatic N) is 2. The van der Waals surface area contributed by atoms with Gasteiger partial charge in [-0.1, -0.05) is 0 Å². The molecule has 0 aliphatic carbocycles. The van der Waals surface area contributed by atoms with Crippen LogP contribution in [0.25, 0.3) is 0 Å². The van der Waals surface area contributed by atoms with Gasteiger partial charge in [0.25, 0.3) is 0 Å². The number of alkyl halides is 1. The van der Waals surface area contributed by atoms with Crippen LogP contribution in [0.1, 0.15) is 5.56 Å². The highest BCUT2D eigenvalue weighted by Crippen LogP contribution is 2.34. The van der Waals surface area contributed by atoms with Crippen molar-refractivity contribution in [2.75, 3.05) is 20.1 Å². The van der Waals surface area contributed by atoms with Gasteiger partial charge in [-0.3, -0.25) is 0 Å². The molecule has 90 valence electrons. The summed E-state index contributed by atoms with van der Waals surface area (Å²) in [6.45, 7) is 0. The van der Waals surface area contributed by atoms with E-state index in [2.05, 4.69) is 4.99 Å². The topological polar surface area (TPSA) is 80.6 Å². The van der Waals surface area contributed by atoms with Crippen LogP contribution in [-0.2, 0) is 0 Å². The Hall–Kier alpha value is -1.93. The molecule has 0 aromatic heterocycles. The third-order valence-corrected chi connectivity index (χ3v) is 2.30. The van der Waals surface area contributed by atoms with Crippen molar-refractivity contribution in [3.8, 4) is 17.6 Å². The quantitative estimate of drug-likeness (QED) is 0.504. The Morgan fingerprint density at radius 1 is 1.41 bits per heavy atom. The minimum absolute atomic E-state index is 0.0964. The average Bonchev–Trinajstić information content (AvgIpc) is 2.37. The van der Waals surface area contributed by atoms with Crippen molar-refractivity contribution in [3.05, 3.63) is 17.7 Å². The second kappa shape index (κ2) is 5.97. The van der Waals surface area contributed by atoms with Gasteiger partial charge >= 0.3 is 0 Å². The second-order valence-corrected chi connectivity index (χ2v) is 3.34. The van der Waals surface area contributed by atoms with Crippen LogP contribution >= 0.6 is 11.6 Å². The number of hydrogen-bond donors (Lipinski definition) is 1. The minimum Gasteiger partial charge on any atom is -0.493 e. The van der Waals surface area contributed by atoms with Crippen LogP contribution in [0.2, 0.25) is 0 Å². The van der Waals surface area contributed by atoms with Crippen LogP contribution in [0.5, 0.6) is 11.5 Å². The molecule has 0 radical (unpaired) electrons. The molecule has 0 spiro atoms. The van der Waals surface area contributed by atoms with Crippen LogP contribution in [0.4, 0.5) is 5.69 Å². The molecule has 17 heavy (non-hydrogen) atoms. The van der Waals surface area contributed by atoms with E-state index in [1.165, 1.54) is 14.2 Å². The van der Waals surface area contributed by atoms with Crippen molar-refractivity contribution in [3.63, 3.8) is 0 Å². The Kier molecular flexibility index (Phi) is 4.61. The highest BCUT2D eigenvalue weighted by Gasteiger charge is 2.10. The molecular weight excluding hydrogens is 242 g/mol. The lowest BCUT2D eigenvalue weighted by atomic mass is 10.1. The molecule has 5 nitrogen and oxygen atoms in total. The lowest BCUT2D eigenvalue weighted by Gasteiger charge is -2.09. The normalized spacial score (nSPS) is 10.8. The van der Waals surface area contributed by atoms with Crippen LogP contribution in [0, 0.1) is 11.3 Å². The van der Waals surface area contributed by atoms with Crippen LogP contribution < -0.4 is 15.2 Å². The number of halogens is 1. The van der Waals surface area contributed by atoms with Crippen LogP contribution in [-0.4, -0.2) is 25.9 Å². The van der Waals surface area contributed by atoms with Crippen molar-refractivity contribution in [2.45, 2.75) is 0 Å². The molecule has 0 unspecified atom stereocenters. The van der Waals surface area contributed by atoms with Crippen LogP contribution in [0.15, 0.2) is 17.1 Å². The fourth-order valence-electron chi connectivity index (χ4n) is 1.23. The number of rotatable bonds is 4. The highest BCUT2D eigenvalue weighted by atomic mass is 35.5.